The van der Waals surface area contributed by atoms with E-state index in [9.17, 15) is 4.79 Å². The standard InChI is InChI=1S/C22H28ClN3O2/c1-21(2,3)25-19(27)11-26-13-22(14-26)9-15(10-22)12-28-20-18-8-17(23)5-4-16(18)6-7-24-20/h4-8,15H,9-14H2,1-3H3,(H,25,27). The molecule has 1 saturated carbocycles. The SMILES string of the molecule is CC(C)(C)NC(=O)CN1CC2(CC(COc3nccc4ccc(Cl)cc34)C2)C1. The molecule has 1 aromatic carbocycles. The Kier molecular flexibility index (Phi) is 5.00. The molecule has 0 atom stereocenters. The molecule has 1 spiro atoms. The first-order valence-corrected chi connectivity index (χ1v) is 10.3. The summed E-state index contributed by atoms with van der Waals surface area (Å²) in [7, 11) is 0. The third-order valence-electron chi connectivity index (χ3n) is 5.59. The number of likely N-dealkylation sites (tertiary alicyclic amines) is 1. The average molecular weight is 402 g/mol. The summed E-state index contributed by atoms with van der Waals surface area (Å²) in [4.78, 5) is 18.7. The number of pyridine rings is 1. The molecule has 0 radical (unpaired) electrons. The van der Waals surface area contributed by atoms with Crippen LogP contribution in [0.4, 0.5) is 0 Å². The second-order valence-electron chi connectivity index (χ2n) is 9.51. The maximum absolute atomic E-state index is 12.0. The Bertz CT molecular complexity index is 879. The van der Waals surface area contributed by atoms with Crippen LogP contribution in [-0.2, 0) is 4.79 Å². The van der Waals surface area contributed by atoms with Crippen LogP contribution >= 0.6 is 11.6 Å². The lowest BCUT2D eigenvalue weighted by molar-refractivity contribution is -0.135. The molecule has 28 heavy (non-hydrogen) atoms. The summed E-state index contributed by atoms with van der Waals surface area (Å²) in [5.41, 5.74) is 0.226. The lowest BCUT2D eigenvalue weighted by Crippen LogP contribution is -2.64. The number of ether oxygens (including phenoxy) is 1. The second-order valence-corrected chi connectivity index (χ2v) is 9.95. The normalized spacial score (nSPS) is 19.3. The van der Waals surface area contributed by atoms with Crippen LogP contribution in [0.15, 0.2) is 30.5 Å². The molecule has 1 saturated heterocycles. The van der Waals surface area contributed by atoms with Crippen LogP contribution < -0.4 is 10.1 Å². The van der Waals surface area contributed by atoms with Crippen LogP contribution in [0, 0.1) is 11.3 Å². The molecule has 2 aliphatic rings. The number of rotatable bonds is 5. The van der Waals surface area contributed by atoms with Crippen molar-refractivity contribution in [3.8, 4) is 5.88 Å². The van der Waals surface area contributed by atoms with Crippen LogP contribution in [0.1, 0.15) is 33.6 Å². The van der Waals surface area contributed by atoms with Crippen LogP contribution in [0.5, 0.6) is 5.88 Å². The fraction of sp³-hybridized carbons (Fsp3) is 0.545. The van der Waals surface area contributed by atoms with E-state index < -0.39 is 0 Å². The molecule has 1 aliphatic heterocycles. The first kappa shape index (κ1) is 19.5. The van der Waals surface area contributed by atoms with Crippen LogP contribution in [0.2, 0.25) is 5.02 Å². The number of carbonyl (C=O) groups excluding carboxylic acids is 1. The van der Waals surface area contributed by atoms with Gasteiger partial charge in [-0.05, 0) is 68.5 Å². The maximum Gasteiger partial charge on any atom is 0.234 e. The molecule has 6 heteroatoms. The lowest BCUT2D eigenvalue weighted by Gasteiger charge is -2.59. The second kappa shape index (κ2) is 7.20. The Morgan fingerprint density at radius 3 is 2.79 bits per heavy atom. The molecule has 150 valence electrons. The minimum Gasteiger partial charge on any atom is -0.477 e. The van der Waals surface area contributed by atoms with Crippen LogP contribution in [0.3, 0.4) is 0 Å². The van der Waals surface area contributed by atoms with E-state index in [1.807, 2.05) is 45.0 Å². The van der Waals surface area contributed by atoms with Gasteiger partial charge in [0.2, 0.25) is 11.8 Å². The van der Waals surface area contributed by atoms with E-state index in [4.69, 9.17) is 16.3 Å². The molecule has 1 N–H and O–H groups in total. The average Bonchev–Trinajstić information content (AvgIpc) is 2.53. The van der Waals surface area contributed by atoms with Gasteiger partial charge in [0.1, 0.15) is 0 Å². The summed E-state index contributed by atoms with van der Waals surface area (Å²) in [5, 5.41) is 5.77. The number of halogens is 1. The smallest absolute Gasteiger partial charge is 0.234 e. The topological polar surface area (TPSA) is 54.5 Å². The first-order valence-electron chi connectivity index (χ1n) is 9.92. The highest BCUT2D eigenvalue weighted by Crippen LogP contribution is 2.51. The van der Waals surface area contributed by atoms with Gasteiger partial charge in [-0.1, -0.05) is 17.7 Å². The number of carbonyl (C=O) groups is 1. The molecular weight excluding hydrogens is 374 g/mol. The van der Waals surface area contributed by atoms with Crippen LogP contribution in [-0.4, -0.2) is 47.6 Å². The number of aromatic nitrogens is 1. The molecule has 2 heterocycles. The molecule has 2 aromatic rings. The number of nitrogens with zero attached hydrogens (tertiary/aromatic N) is 2. The fourth-order valence-corrected chi connectivity index (χ4v) is 4.81. The Balaban J connectivity index is 1.23. The third kappa shape index (κ3) is 4.26. The molecule has 0 bridgehead atoms. The molecule has 1 aliphatic carbocycles. The lowest BCUT2D eigenvalue weighted by atomic mass is 9.58. The monoisotopic (exact) mass is 401 g/mol. The Morgan fingerprint density at radius 1 is 1.32 bits per heavy atom. The van der Waals surface area contributed by atoms with Crippen molar-refractivity contribution in [1.82, 2.24) is 15.2 Å². The quantitative estimate of drug-likeness (QED) is 0.825. The highest BCUT2D eigenvalue weighted by atomic mass is 35.5. The van der Waals surface area contributed by atoms with Crippen molar-refractivity contribution in [2.75, 3.05) is 26.2 Å². The molecule has 4 rings (SSSR count). The van der Waals surface area contributed by atoms with Gasteiger partial charge in [0, 0.05) is 35.2 Å². The molecule has 5 nitrogen and oxygen atoms in total. The van der Waals surface area contributed by atoms with Gasteiger partial charge in [0.05, 0.1) is 13.2 Å². The van der Waals surface area contributed by atoms with Gasteiger partial charge >= 0.3 is 0 Å². The van der Waals surface area contributed by atoms with Gasteiger partial charge in [-0.25, -0.2) is 4.98 Å². The highest BCUT2D eigenvalue weighted by Gasteiger charge is 2.52. The maximum atomic E-state index is 12.0. The van der Waals surface area contributed by atoms with Gasteiger partial charge in [0.15, 0.2) is 0 Å². The summed E-state index contributed by atoms with van der Waals surface area (Å²) < 4.78 is 6.04. The van der Waals surface area contributed by atoms with E-state index in [2.05, 4.69) is 15.2 Å². The summed E-state index contributed by atoms with van der Waals surface area (Å²) in [6.07, 6.45) is 4.10. The summed E-state index contributed by atoms with van der Waals surface area (Å²) >= 11 is 6.12. The zero-order valence-corrected chi connectivity index (χ0v) is 17.6. The molecule has 2 fully saturated rings. The molecular formula is C22H28ClN3O2. The van der Waals surface area contributed by atoms with Crippen molar-refractivity contribution in [1.29, 1.82) is 0 Å². The Hall–Kier alpha value is -1.85. The van der Waals surface area contributed by atoms with E-state index in [1.165, 1.54) is 0 Å². The van der Waals surface area contributed by atoms with Crippen molar-refractivity contribution in [3.63, 3.8) is 0 Å². The summed E-state index contributed by atoms with van der Waals surface area (Å²) in [6, 6.07) is 7.75. The zero-order chi connectivity index (χ0) is 19.9. The van der Waals surface area contributed by atoms with E-state index in [0.717, 1.165) is 36.7 Å². The molecule has 1 aromatic heterocycles. The van der Waals surface area contributed by atoms with Crippen molar-refractivity contribution < 1.29 is 9.53 Å². The van der Waals surface area contributed by atoms with Crippen molar-refractivity contribution in [2.24, 2.45) is 11.3 Å². The molecule has 0 unspecified atom stereocenters. The summed E-state index contributed by atoms with van der Waals surface area (Å²) in [5.74, 6) is 1.33. The van der Waals surface area contributed by atoms with Gasteiger partial charge < -0.3 is 10.1 Å². The van der Waals surface area contributed by atoms with Gasteiger partial charge in [-0.2, -0.15) is 0 Å². The van der Waals surface area contributed by atoms with Gasteiger partial charge in [-0.3, -0.25) is 9.69 Å². The number of fused-ring (bicyclic) bond motifs is 1. The Morgan fingerprint density at radius 2 is 2.07 bits per heavy atom. The van der Waals surface area contributed by atoms with E-state index >= 15 is 0 Å². The largest absolute Gasteiger partial charge is 0.477 e. The van der Waals surface area contributed by atoms with E-state index in [-0.39, 0.29) is 11.4 Å². The van der Waals surface area contributed by atoms with E-state index in [1.54, 1.807) is 6.20 Å². The highest BCUT2D eigenvalue weighted by molar-refractivity contribution is 6.31. The van der Waals surface area contributed by atoms with Crippen molar-refractivity contribution in [3.05, 3.63) is 35.5 Å². The van der Waals surface area contributed by atoms with Crippen LogP contribution in [0.25, 0.3) is 10.8 Å². The first-order chi connectivity index (χ1) is 13.2. The number of hydrogen-bond donors (Lipinski definition) is 1. The number of nitrogens with one attached hydrogen (secondary N) is 1. The predicted octanol–water partition coefficient (Wildman–Crippen LogP) is 3.89. The fourth-order valence-electron chi connectivity index (χ4n) is 4.64. The van der Waals surface area contributed by atoms with Crippen molar-refractivity contribution in [2.45, 2.75) is 39.2 Å². The van der Waals surface area contributed by atoms with Gasteiger partial charge in [-0.15, -0.1) is 0 Å². The number of amides is 1. The minimum absolute atomic E-state index is 0.113. The number of hydrogen-bond acceptors (Lipinski definition) is 4. The zero-order valence-electron chi connectivity index (χ0n) is 16.8. The third-order valence-corrected chi connectivity index (χ3v) is 5.83. The van der Waals surface area contributed by atoms with E-state index in [0.29, 0.717) is 35.4 Å². The minimum atomic E-state index is -0.168. The summed E-state index contributed by atoms with van der Waals surface area (Å²) in [6.45, 7) is 9.26. The molecule has 1 amide bonds. The number of benzene rings is 1. The van der Waals surface area contributed by atoms with Crippen molar-refractivity contribution >= 4 is 28.3 Å². The predicted molar refractivity (Wildman–Crippen MR) is 112 cm³/mol. The van der Waals surface area contributed by atoms with Gasteiger partial charge in [0.25, 0.3) is 0 Å². The Labute approximate surface area is 171 Å².